The maximum Gasteiger partial charge on any atom is 0.255 e. The number of fused-ring (bicyclic) bond motifs is 1. The molecule has 0 bridgehead atoms. The topological polar surface area (TPSA) is 59.6 Å². The number of amides is 1. The summed E-state index contributed by atoms with van der Waals surface area (Å²) >= 11 is 0. The van der Waals surface area contributed by atoms with Gasteiger partial charge in [0.05, 0.1) is 5.56 Å². The van der Waals surface area contributed by atoms with E-state index < -0.39 is 0 Å². The van der Waals surface area contributed by atoms with Crippen LogP contribution >= 0.6 is 0 Å². The van der Waals surface area contributed by atoms with Crippen molar-refractivity contribution in [1.29, 1.82) is 0 Å². The lowest BCUT2D eigenvalue weighted by molar-refractivity contribution is 0.0934. The van der Waals surface area contributed by atoms with Gasteiger partial charge in [-0.3, -0.25) is 4.79 Å². The van der Waals surface area contributed by atoms with Crippen LogP contribution in [-0.2, 0) is 0 Å². The largest absolute Gasteiger partial charge is 0.486 e. The minimum atomic E-state index is -0.0853. The number of para-hydroxylation sites is 1. The number of piperidine rings is 1. The molecule has 1 saturated heterocycles. The lowest BCUT2D eigenvalue weighted by Gasteiger charge is -2.24. The molecule has 20 heavy (non-hydrogen) atoms. The van der Waals surface area contributed by atoms with Crippen LogP contribution in [-0.4, -0.2) is 38.8 Å². The van der Waals surface area contributed by atoms with Gasteiger partial charge < -0.3 is 20.1 Å². The summed E-state index contributed by atoms with van der Waals surface area (Å²) in [6.45, 7) is 3.79. The molecule has 3 rings (SSSR count). The number of hydrogen-bond acceptors (Lipinski definition) is 4. The fourth-order valence-corrected chi connectivity index (χ4v) is 2.68. The highest BCUT2D eigenvalue weighted by molar-refractivity contribution is 5.97. The molecule has 2 aliphatic rings. The van der Waals surface area contributed by atoms with Crippen LogP contribution < -0.4 is 20.1 Å². The van der Waals surface area contributed by atoms with Gasteiger partial charge >= 0.3 is 0 Å². The van der Waals surface area contributed by atoms with Crippen LogP contribution in [0.25, 0.3) is 0 Å². The SMILES string of the molecule is O=C(NC[C@H]1CCCNC1)c1cccc2c1OCCO2. The van der Waals surface area contributed by atoms with Crippen molar-refractivity contribution in [2.75, 3.05) is 32.8 Å². The molecule has 0 aliphatic carbocycles. The molecule has 0 aromatic heterocycles. The third-order valence-corrected chi connectivity index (χ3v) is 3.76. The van der Waals surface area contributed by atoms with Crippen LogP contribution in [0.5, 0.6) is 11.5 Å². The van der Waals surface area contributed by atoms with Crippen LogP contribution in [0.2, 0.25) is 0 Å². The third-order valence-electron chi connectivity index (χ3n) is 3.76. The van der Waals surface area contributed by atoms with E-state index in [1.807, 2.05) is 12.1 Å². The van der Waals surface area contributed by atoms with Crippen molar-refractivity contribution >= 4 is 5.91 Å². The highest BCUT2D eigenvalue weighted by atomic mass is 16.6. The molecule has 2 aliphatic heterocycles. The monoisotopic (exact) mass is 276 g/mol. The molecule has 1 fully saturated rings. The van der Waals surface area contributed by atoms with Crippen molar-refractivity contribution in [2.24, 2.45) is 5.92 Å². The van der Waals surface area contributed by atoms with Crippen molar-refractivity contribution in [3.05, 3.63) is 23.8 Å². The molecule has 0 spiro atoms. The summed E-state index contributed by atoms with van der Waals surface area (Å²) in [7, 11) is 0. The molecule has 0 unspecified atom stereocenters. The first-order valence-corrected chi connectivity index (χ1v) is 7.22. The Morgan fingerprint density at radius 1 is 1.35 bits per heavy atom. The maximum atomic E-state index is 12.3. The Bertz CT molecular complexity index is 484. The van der Waals surface area contributed by atoms with E-state index in [0.717, 1.165) is 13.1 Å². The van der Waals surface area contributed by atoms with Gasteiger partial charge in [0, 0.05) is 6.54 Å². The zero-order valence-corrected chi connectivity index (χ0v) is 11.5. The Kier molecular flexibility index (Phi) is 4.06. The summed E-state index contributed by atoms with van der Waals surface area (Å²) in [5.74, 6) is 1.66. The van der Waals surface area contributed by atoms with Crippen LogP contribution in [0.4, 0.5) is 0 Å². The quantitative estimate of drug-likeness (QED) is 0.870. The maximum absolute atomic E-state index is 12.3. The van der Waals surface area contributed by atoms with Crippen LogP contribution in [0.3, 0.4) is 0 Å². The van der Waals surface area contributed by atoms with E-state index in [9.17, 15) is 4.79 Å². The number of rotatable bonds is 3. The number of nitrogens with one attached hydrogen (secondary N) is 2. The molecule has 5 heteroatoms. The third kappa shape index (κ3) is 2.88. The van der Waals surface area contributed by atoms with E-state index in [4.69, 9.17) is 9.47 Å². The van der Waals surface area contributed by atoms with E-state index in [0.29, 0.717) is 42.7 Å². The second-order valence-corrected chi connectivity index (χ2v) is 5.25. The molecular formula is C15H20N2O3. The Labute approximate surface area is 118 Å². The summed E-state index contributed by atoms with van der Waals surface area (Å²) in [6, 6.07) is 5.43. The average Bonchev–Trinajstić information content (AvgIpc) is 2.53. The summed E-state index contributed by atoms with van der Waals surface area (Å²) in [5, 5.41) is 6.36. The van der Waals surface area contributed by atoms with E-state index in [1.165, 1.54) is 12.8 Å². The van der Waals surface area contributed by atoms with Gasteiger partial charge in [-0.2, -0.15) is 0 Å². The zero-order valence-electron chi connectivity index (χ0n) is 11.5. The molecule has 1 aromatic rings. The van der Waals surface area contributed by atoms with Gasteiger partial charge in [0.2, 0.25) is 0 Å². The van der Waals surface area contributed by atoms with Gasteiger partial charge in [-0.05, 0) is 44.0 Å². The summed E-state index contributed by atoms with van der Waals surface area (Å²) in [5.41, 5.74) is 0.561. The summed E-state index contributed by atoms with van der Waals surface area (Å²) in [6.07, 6.45) is 2.35. The molecule has 2 N–H and O–H groups in total. The predicted octanol–water partition coefficient (Wildman–Crippen LogP) is 1.19. The van der Waals surface area contributed by atoms with Gasteiger partial charge in [-0.1, -0.05) is 6.07 Å². The molecular weight excluding hydrogens is 256 g/mol. The lowest BCUT2D eigenvalue weighted by Crippen LogP contribution is -2.38. The van der Waals surface area contributed by atoms with Crippen LogP contribution in [0.1, 0.15) is 23.2 Å². The first-order valence-electron chi connectivity index (χ1n) is 7.22. The number of ether oxygens (including phenoxy) is 2. The van der Waals surface area contributed by atoms with E-state index >= 15 is 0 Å². The molecule has 108 valence electrons. The van der Waals surface area contributed by atoms with Crippen LogP contribution in [0.15, 0.2) is 18.2 Å². The zero-order chi connectivity index (χ0) is 13.8. The van der Waals surface area contributed by atoms with Crippen molar-refractivity contribution in [1.82, 2.24) is 10.6 Å². The van der Waals surface area contributed by atoms with Crippen molar-refractivity contribution in [2.45, 2.75) is 12.8 Å². The van der Waals surface area contributed by atoms with Gasteiger partial charge in [0.1, 0.15) is 13.2 Å². The van der Waals surface area contributed by atoms with Gasteiger partial charge in [0.15, 0.2) is 11.5 Å². The van der Waals surface area contributed by atoms with E-state index in [-0.39, 0.29) is 5.91 Å². The molecule has 2 heterocycles. The van der Waals surface area contributed by atoms with Gasteiger partial charge in [0.25, 0.3) is 5.91 Å². The van der Waals surface area contributed by atoms with E-state index in [2.05, 4.69) is 10.6 Å². The fourth-order valence-electron chi connectivity index (χ4n) is 2.68. The Balaban J connectivity index is 1.64. The highest BCUT2D eigenvalue weighted by Gasteiger charge is 2.21. The molecule has 1 atom stereocenters. The second kappa shape index (κ2) is 6.13. The van der Waals surface area contributed by atoms with Gasteiger partial charge in [-0.15, -0.1) is 0 Å². The Morgan fingerprint density at radius 2 is 2.25 bits per heavy atom. The first-order chi connectivity index (χ1) is 9.84. The summed E-state index contributed by atoms with van der Waals surface area (Å²) in [4.78, 5) is 12.3. The first kappa shape index (κ1) is 13.2. The molecule has 1 amide bonds. The number of carbonyl (C=O) groups is 1. The number of benzene rings is 1. The standard InChI is InChI=1S/C15H20N2O3/c18-15(17-10-11-3-2-6-16-9-11)12-4-1-5-13-14(12)20-8-7-19-13/h1,4-5,11,16H,2-3,6-10H2,(H,17,18)/t11-/m0/s1. The molecule has 5 nitrogen and oxygen atoms in total. The second-order valence-electron chi connectivity index (χ2n) is 5.25. The molecule has 1 aromatic carbocycles. The minimum Gasteiger partial charge on any atom is -0.486 e. The average molecular weight is 276 g/mol. The smallest absolute Gasteiger partial charge is 0.255 e. The van der Waals surface area contributed by atoms with Crippen molar-refractivity contribution < 1.29 is 14.3 Å². The van der Waals surface area contributed by atoms with E-state index in [1.54, 1.807) is 6.07 Å². The van der Waals surface area contributed by atoms with Gasteiger partial charge in [-0.25, -0.2) is 0 Å². The Hall–Kier alpha value is -1.75. The normalized spacial score (nSPS) is 21.3. The summed E-state index contributed by atoms with van der Waals surface area (Å²) < 4.78 is 11.1. The highest BCUT2D eigenvalue weighted by Crippen LogP contribution is 2.33. The molecule has 0 saturated carbocycles. The number of carbonyl (C=O) groups excluding carboxylic acids is 1. The lowest BCUT2D eigenvalue weighted by atomic mass is 9.99. The van der Waals surface area contributed by atoms with Crippen LogP contribution in [0, 0.1) is 5.92 Å². The number of hydrogen-bond donors (Lipinski definition) is 2. The molecule has 0 radical (unpaired) electrons. The van der Waals surface area contributed by atoms with Crippen molar-refractivity contribution in [3.63, 3.8) is 0 Å². The fraction of sp³-hybridized carbons (Fsp3) is 0.533. The predicted molar refractivity (Wildman–Crippen MR) is 75.4 cm³/mol. The Morgan fingerprint density at radius 3 is 3.10 bits per heavy atom. The van der Waals surface area contributed by atoms with Crippen molar-refractivity contribution in [3.8, 4) is 11.5 Å². The minimum absolute atomic E-state index is 0.0853.